The number of sulfonamides is 1. The Hall–Kier alpha value is -3.18. The van der Waals surface area contributed by atoms with Crippen LogP contribution < -0.4 is 9.47 Å². The largest absolute Gasteiger partial charge is 0.493 e. The third kappa shape index (κ3) is 5.25. The van der Waals surface area contributed by atoms with Crippen molar-refractivity contribution in [1.29, 1.82) is 0 Å². The fourth-order valence-electron chi connectivity index (χ4n) is 3.67. The number of nitrogens with zero attached hydrogens (tertiary/aromatic N) is 3. The van der Waals surface area contributed by atoms with E-state index in [9.17, 15) is 23.3 Å². The minimum atomic E-state index is -3.71. The van der Waals surface area contributed by atoms with Crippen LogP contribution in [0.5, 0.6) is 11.5 Å². The van der Waals surface area contributed by atoms with Gasteiger partial charge in [0.25, 0.3) is 11.6 Å². The quantitative estimate of drug-likeness (QED) is 0.444. The van der Waals surface area contributed by atoms with Gasteiger partial charge in [0.1, 0.15) is 5.56 Å². The van der Waals surface area contributed by atoms with Gasteiger partial charge in [-0.15, -0.1) is 0 Å². The number of nitro benzene ring substituents is 1. The Morgan fingerprint density at radius 2 is 1.79 bits per heavy atom. The summed E-state index contributed by atoms with van der Waals surface area (Å²) in [4.78, 5) is 25.9. The molecule has 11 heteroatoms. The van der Waals surface area contributed by atoms with E-state index in [4.69, 9.17) is 9.47 Å². The van der Waals surface area contributed by atoms with E-state index >= 15 is 0 Å². The molecular formula is C22H27N3O7S. The van der Waals surface area contributed by atoms with Crippen LogP contribution in [0, 0.1) is 17.0 Å². The van der Waals surface area contributed by atoms with Crippen LogP contribution >= 0.6 is 0 Å². The molecule has 1 aliphatic rings. The minimum Gasteiger partial charge on any atom is -0.493 e. The first-order chi connectivity index (χ1) is 15.7. The van der Waals surface area contributed by atoms with Gasteiger partial charge in [-0.3, -0.25) is 14.9 Å². The topological polar surface area (TPSA) is 119 Å². The summed E-state index contributed by atoms with van der Waals surface area (Å²) in [5.74, 6) is -0.168. The lowest BCUT2D eigenvalue weighted by molar-refractivity contribution is -0.385. The molecule has 1 saturated heterocycles. The van der Waals surface area contributed by atoms with Gasteiger partial charge in [-0.1, -0.05) is 17.7 Å². The minimum absolute atomic E-state index is 0.0875. The monoisotopic (exact) mass is 477 g/mol. The maximum atomic E-state index is 13.3. The second-order valence-corrected chi connectivity index (χ2v) is 9.51. The molecule has 3 rings (SSSR count). The number of aryl methyl sites for hydroxylation is 1. The van der Waals surface area contributed by atoms with Gasteiger partial charge in [0.05, 0.1) is 29.6 Å². The third-order valence-corrected chi connectivity index (χ3v) is 7.32. The van der Waals surface area contributed by atoms with Crippen molar-refractivity contribution in [2.75, 3.05) is 39.9 Å². The number of rotatable bonds is 7. The molecule has 0 aromatic heterocycles. The molecule has 2 aromatic rings. The van der Waals surface area contributed by atoms with Crippen LogP contribution in [0.15, 0.2) is 41.3 Å². The highest BCUT2D eigenvalue weighted by Crippen LogP contribution is 2.35. The average Bonchev–Trinajstić information content (AvgIpc) is 3.05. The van der Waals surface area contributed by atoms with Crippen LogP contribution in [0.3, 0.4) is 0 Å². The summed E-state index contributed by atoms with van der Waals surface area (Å²) in [5.41, 5.74) is 0.432. The van der Waals surface area contributed by atoms with Crippen LogP contribution in [-0.2, 0) is 10.0 Å². The number of carbonyl (C=O) groups is 1. The van der Waals surface area contributed by atoms with Gasteiger partial charge >= 0.3 is 0 Å². The maximum Gasteiger partial charge on any atom is 0.286 e. The van der Waals surface area contributed by atoms with Crippen LogP contribution in [0.4, 0.5) is 5.69 Å². The Bertz CT molecular complexity index is 1130. The average molecular weight is 478 g/mol. The molecule has 33 heavy (non-hydrogen) atoms. The molecule has 0 saturated carbocycles. The number of benzene rings is 2. The lowest BCUT2D eigenvalue weighted by atomic mass is 10.1. The Kier molecular flexibility index (Phi) is 7.54. The van der Waals surface area contributed by atoms with Crippen molar-refractivity contribution in [2.24, 2.45) is 0 Å². The molecule has 1 heterocycles. The SMILES string of the molecule is CCOc1cc(C(=O)N2CCCN(S(=O)(=O)c3ccc(C)cc3)CC2)c([N+](=O)[O-])cc1OC. The van der Waals surface area contributed by atoms with Gasteiger partial charge in [0, 0.05) is 32.2 Å². The Balaban J connectivity index is 1.85. The highest BCUT2D eigenvalue weighted by atomic mass is 32.2. The summed E-state index contributed by atoms with van der Waals surface area (Å²) in [6.45, 7) is 4.63. The first-order valence-electron chi connectivity index (χ1n) is 10.5. The number of nitro groups is 1. The summed E-state index contributed by atoms with van der Waals surface area (Å²) in [5, 5.41) is 11.6. The van der Waals surface area contributed by atoms with E-state index < -0.39 is 26.5 Å². The normalized spacial score (nSPS) is 15.1. The van der Waals surface area contributed by atoms with Crippen molar-refractivity contribution in [3.05, 3.63) is 57.6 Å². The first kappa shape index (κ1) is 24.5. The number of hydrogen-bond acceptors (Lipinski definition) is 7. The second-order valence-electron chi connectivity index (χ2n) is 7.57. The van der Waals surface area contributed by atoms with Crippen molar-refractivity contribution in [3.8, 4) is 11.5 Å². The Morgan fingerprint density at radius 1 is 1.09 bits per heavy atom. The zero-order valence-corrected chi connectivity index (χ0v) is 19.6. The van der Waals surface area contributed by atoms with Crippen molar-refractivity contribution >= 4 is 21.6 Å². The van der Waals surface area contributed by atoms with Crippen LogP contribution in [0.25, 0.3) is 0 Å². The summed E-state index contributed by atoms with van der Waals surface area (Å²) in [7, 11) is -2.35. The highest BCUT2D eigenvalue weighted by molar-refractivity contribution is 7.89. The number of ether oxygens (including phenoxy) is 2. The van der Waals surface area contributed by atoms with Crippen LogP contribution in [0.1, 0.15) is 29.3 Å². The zero-order chi connectivity index (χ0) is 24.2. The third-order valence-electron chi connectivity index (χ3n) is 5.41. The molecule has 0 radical (unpaired) electrons. The molecule has 0 atom stereocenters. The number of methoxy groups -OCH3 is 1. The summed E-state index contributed by atoms with van der Waals surface area (Å²) in [6, 6.07) is 9.08. The van der Waals surface area contributed by atoms with Crippen LogP contribution in [-0.4, -0.2) is 68.3 Å². The maximum absolute atomic E-state index is 13.3. The molecule has 10 nitrogen and oxygen atoms in total. The van der Waals surface area contributed by atoms with E-state index in [1.165, 1.54) is 28.4 Å². The Labute approximate surface area is 192 Å². The van der Waals surface area contributed by atoms with E-state index in [2.05, 4.69) is 0 Å². The summed E-state index contributed by atoms with van der Waals surface area (Å²) in [6.07, 6.45) is 0.402. The van der Waals surface area contributed by atoms with Gasteiger partial charge in [-0.25, -0.2) is 8.42 Å². The Morgan fingerprint density at radius 3 is 2.39 bits per heavy atom. The summed E-state index contributed by atoms with van der Waals surface area (Å²) >= 11 is 0. The molecule has 1 aliphatic heterocycles. The predicted molar refractivity (Wildman–Crippen MR) is 121 cm³/mol. The number of amides is 1. The molecule has 0 bridgehead atoms. The van der Waals surface area contributed by atoms with E-state index in [0.717, 1.165) is 5.56 Å². The van der Waals surface area contributed by atoms with E-state index in [1.807, 2.05) is 6.92 Å². The first-order valence-corrected chi connectivity index (χ1v) is 12.0. The van der Waals surface area contributed by atoms with Gasteiger partial charge in [0.15, 0.2) is 11.5 Å². The number of hydrogen-bond donors (Lipinski definition) is 0. The smallest absolute Gasteiger partial charge is 0.286 e. The number of carbonyl (C=O) groups excluding carboxylic acids is 1. The van der Waals surface area contributed by atoms with Crippen LogP contribution in [0.2, 0.25) is 0 Å². The fraction of sp³-hybridized carbons (Fsp3) is 0.409. The van der Waals surface area contributed by atoms with Gasteiger partial charge in [-0.05, 0) is 32.4 Å². The molecule has 0 N–H and O–H groups in total. The van der Waals surface area contributed by atoms with E-state index in [1.54, 1.807) is 31.2 Å². The molecule has 0 spiro atoms. The summed E-state index contributed by atoms with van der Waals surface area (Å²) < 4.78 is 38.0. The van der Waals surface area contributed by atoms with Gasteiger partial charge < -0.3 is 14.4 Å². The predicted octanol–water partition coefficient (Wildman–Crippen LogP) is 2.85. The van der Waals surface area contributed by atoms with Gasteiger partial charge in [0.2, 0.25) is 10.0 Å². The molecule has 1 amide bonds. The van der Waals surface area contributed by atoms with Crippen molar-refractivity contribution in [3.63, 3.8) is 0 Å². The van der Waals surface area contributed by atoms with Gasteiger partial charge in [-0.2, -0.15) is 4.31 Å². The van der Waals surface area contributed by atoms with Crippen molar-refractivity contribution in [1.82, 2.24) is 9.21 Å². The fourth-order valence-corrected chi connectivity index (χ4v) is 5.14. The molecule has 0 unspecified atom stereocenters. The standard InChI is InChI=1S/C22H27N3O7S/c1-4-32-21-14-18(19(25(27)28)15-20(21)31-3)22(26)23-10-5-11-24(13-12-23)33(29,30)17-8-6-16(2)7-9-17/h6-9,14-15H,4-5,10-13H2,1-3H3. The molecular weight excluding hydrogens is 450 g/mol. The molecule has 2 aromatic carbocycles. The highest BCUT2D eigenvalue weighted by Gasteiger charge is 2.32. The lowest BCUT2D eigenvalue weighted by Gasteiger charge is -2.22. The molecule has 0 aliphatic carbocycles. The van der Waals surface area contributed by atoms with E-state index in [0.29, 0.717) is 6.42 Å². The zero-order valence-electron chi connectivity index (χ0n) is 18.8. The lowest BCUT2D eigenvalue weighted by Crippen LogP contribution is -2.37. The second kappa shape index (κ2) is 10.2. The molecule has 178 valence electrons. The van der Waals surface area contributed by atoms with Crippen molar-refractivity contribution < 1.29 is 27.6 Å². The van der Waals surface area contributed by atoms with E-state index in [-0.39, 0.29) is 54.7 Å². The molecule has 1 fully saturated rings. The van der Waals surface area contributed by atoms with Crippen molar-refractivity contribution in [2.45, 2.75) is 25.2 Å².